The third kappa shape index (κ3) is 3.64. The number of carbonyl (C=O) groups excluding carboxylic acids is 4. The molecule has 7 heteroatoms. The lowest BCUT2D eigenvalue weighted by Crippen LogP contribution is -2.35. The molecule has 1 atom stereocenters. The Morgan fingerprint density at radius 2 is 1.57 bits per heavy atom. The van der Waals surface area contributed by atoms with Gasteiger partial charge in [0.25, 0.3) is 17.7 Å². The van der Waals surface area contributed by atoms with E-state index in [-0.39, 0.29) is 28.6 Å². The summed E-state index contributed by atoms with van der Waals surface area (Å²) < 4.78 is 5.21. The van der Waals surface area contributed by atoms with E-state index >= 15 is 0 Å². The third-order valence-corrected chi connectivity index (χ3v) is 4.36. The van der Waals surface area contributed by atoms with Gasteiger partial charge in [0, 0.05) is 11.7 Å². The number of anilines is 1. The summed E-state index contributed by atoms with van der Waals surface area (Å²) >= 11 is 0. The Morgan fingerprint density at radius 3 is 2.21 bits per heavy atom. The minimum Gasteiger partial charge on any atom is -0.449 e. The van der Waals surface area contributed by atoms with Crippen LogP contribution in [-0.4, -0.2) is 40.7 Å². The molecule has 1 unspecified atom stereocenters. The van der Waals surface area contributed by atoms with Crippen LogP contribution in [-0.2, 0) is 9.53 Å². The van der Waals surface area contributed by atoms with E-state index in [0.717, 1.165) is 4.90 Å². The molecule has 0 saturated carbocycles. The normalized spacial score (nSPS) is 14.1. The first-order chi connectivity index (χ1) is 13.3. The molecule has 1 heterocycles. The van der Waals surface area contributed by atoms with E-state index < -0.39 is 23.9 Å². The van der Waals surface area contributed by atoms with Crippen LogP contribution in [0.2, 0.25) is 0 Å². The molecule has 1 aliphatic heterocycles. The zero-order valence-corrected chi connectivity index (χ0v) is 15.8. The number of hydrogen-bond donors (Lipinski definition) is 1. The Kier molecular flexibility index (Phi) is 5.26. The predicted octanol–water partition coefficient (Wildman–Crippen LogP) is 2.88. The first-order valence-electron chi connectivity index (χ1n) is 8.88. The first-order valence-corrected chi connectivity index (χ1v) is 8.88. The second-order valence-corrected chi connectivity index (χ2v) is 6.74. The van der Waals surface area contributed by atoms with Crippen LogP contribution in [0.4, 0.5) is 5.69 Å². The van der Waals surface area contributed by atoms with E-state index in [1.54, 1.807) is 38.1 Å². The highest BCUT2D eigenvalue weighted by Crippen LogP contribution is 2.26. The number of nitrogens with one attached hydrogen (secondary N) is 1. The number of benzene rings is 2. The molecule has 28 heavy (non-hydrogen) atoms. The number of esters is 1. The van der Waals surface area contributed by atoms with Gasteiger partial charge in [0.15, 0.2) is 6.10 Å². The van der Waals surface area contributed by atoms with E-state index in [2.05, 4.69) is 5.32 Å². The highest BCUT2D eigenvalue weighted by molar-refractivity contribution is 6.22. The van der Waals surface area contributed by atoms with Crippen molar-refractivity contribution in [3.05, 3.63) is 65.2 Å². The average molecular weight is 380 g/mol. The van der Waals surface area contributed by atoms with Gasteiger partial charge in [-0.1, -0.05) is 18.2 Å². The van der Waals surface area contributed by atoms with Crippen molar-refractivity contribution in [2.75, 3.05) is 5.32 Å². The number of para-hydroxylation sites is 1. The van der Waals surface area contributed by atoms with Crippen molar-refractivity contribution in [3.8, 4) is 0 Å². The predicted molar refractivity (Wildman–Crippen MR) is 102 cm³/mol. The molecule has 2 aromatic rings. The molecule has 0 radical (unpaired) electrons. The van der Waals surface area contributed by atoms with Gasteiger partial charge in [-0.25, -0.2) is 4.79 Å². The number of nitrogens with zero attached hydrogens (tertiary/aromatic N) is 1. The average Bonchev–Trinajstić information content (AvgIpc) is 2.92. The van der Waals surface area contributed by atoms with Gasteiger partial charge in [0.2, 0.25) is 0 Å². The smallest absolute Gasteiger partial charge is 0.338 e. The Labute approximate surface area is 162 Å². The maximum absolute atomic E-state index is 12.4. The second kappa shape index (κ2) is 7.64. The lowest BCUT2D eigenvalue weighted by Gasteiger charge is -2.17. The molecule has 0 aliphatic carbocycles. The summed E-state index contributed by atoms with van der Waals surface area (Å²) in [7, 11) is 0. The topological polar surface area (TPSA) is 92.8 Å². The maximum atomic E-state index is 12.4. The zero-order chi connectivity index (χ0) is 20.4. The van der Waals surface area contributed by atoms with Crippen LogP contribution in [0.5, 0.6) is 0 Å². The molecule has 0 saturated heterocycles. The van der Waals surface area contributed by atoms with Crippen molar-refractivity contribution in [2.24, 2.45) is 0 Å². The molecular formula is C21H20N2O5. The molecular weight excluding hydrogens is 360 g/mol. The van der Waals surface area contributed by atoms with Gasteiger partial charge < -0.3 is 10.1 Å². The van der Waals surface area contributed by atoms with Gasteiger partial charge in [-0.3, -0.25) is 19.3 Å². The standard InChI is InChI=1S/C21H20N2O5/c1-12(2)23-19(25)16-10-9-14(11-17(16)20(23)26)21(27)28-13(3)18(24)22-15-7-5-4-6-8-15/h4-13H,1-3H3,(H,22,24). The number of rotatable bonds is 5. The van der Waals surface area contributed by atoms with Crippen molar-refractivity contribution in [2.45, 2.75) is 32.9 Å². The van der Waals surface area contributed by atoms with Crippen molar-refractivity contribution in [1.29, 1.82) is 0 Å². The maximum Gasteiger partial charge on any atom is 0.338 e. The Morgan fingerprint density at radius 1 is 0.929 bits per heavy atom. The number of carbonyl (C=O) groups is 4. The van der Waals surface area contributed by atoms with E-state index in [9.17, 15) is 19.2 Å². The van der Waals surface area contributed by atoms with E-state index in [0.29, 0.717) is 5.69 Å². The monoisotopic (exact) mass is 380 g/mol. The fourth-order valence-corrected chi connectivity index (χ4v) is 2.90. The Hall–Kier alpha value is -3.48. The number of hydrogen-bond acceptors (Lipinski definition) is 5. The Bertz CT molecular complexity index is 953. The van der Waals surface area contributed by atoms with E-state index in [1.807, 2.05) is 6.07 Å². The second-order valence-electron chi connectivity index (χ2n) is 6.74. The molecule has 1 N–H and O–H groups in total. The van der Waals surface area contributed by atoms with Gasteiger partial charge in [0.05, 0.1) is 16.7 Å². The molecule has 3 amide bonds. The fraction of sp³-hybridized carbons (Fsp3) is 0.238. The number of fused-ring (bicyclic) bond motifs is 1. The minimum absolute atomic E-state index is 0.102. The van der Waals surface area contributed by atoms with Crippen LogP contribution in [0, 0.1) is 0 Å². The van der Waals surface area contributed by atoms with Crippen LogP contribution in [0.3, 0.4) is 0 Å². The van der Waals surface area contributed by atoms with Crippen LogP contribution in [0.25, 0.3) is 0 Å². The molecule has 3 rings (SSSR count). The molecule has 7 nitrogen and oxygen atoms in total. The van der Waals surface area contributed by atoms with Gasteiger partial charge in [0.1, 0.15) is 0 Å². The summed E-state index contributed by atoms with van der Waals surface area (Å²) in [5.41, 5.74) is 1.11. The molecule has 2 aromatic carbocycles. The molecule has 0 bridgehead atoms. The molecule has 1 aliphatic rings. The van der Waals surface area contributed by atoms with Gasteiger partial charge >= 0.3 is 5.97 Å². The van der Waals surface area contributed by atoms with E-state index in [4.69, 9.17) is 4.74 Å². The van der Waals surface area contributed by atoms with Crippen molar-refractivity contribution in [1.82, 2.24) is 4.90 Å². The van der Waals surface area contributed by atoms with Crippen LogP contribution in [0.1, 0.15) is 51.8 Å². The molecule has 0 fully saturated rings. The SMILES string of the molecule is CC(OC(=O)c1ccc2c(c1)C(=O)N(C(C)C)C2=O)C(=O)Nc1ccccc1. The highest BCUT2D eigenvalue weighted by atomic mass is 16.5. The number of ether oxygens (including phenoxy) is 1. The summed E-state index contributed by atoms with van der Waals surface area (Å²) in [6.45, 7) is 4.94. The number of imide groups is 1. The summed E-state index contributed by atoms with van der Waals surface area (Å²) in [5.74, 6) is -2.05. The summed E-state index contributed by atoms with van der Waals surface area (Å²) in [4.78, 5) is 50.5. The molecule has 0 spiro atoms. The zero-order valence-electron chi connectivity index (χ0n) is 15.8. The lowest BCUT2D eigenvalue weighted by atomic mass is 10.1. The van der Waals surface area contributed by atoms with E-state index in [1.165, 1.54) is 25.1 Å². The van der Waals surface area contributed by atoms with Crippen molar-refractivity contribution in [3.63, 3.8) is 0 Å². The van der Waals surface area contributed by atoms with Crippen molar-refractivity contribution < 1.29 is 23.9 Å². The van der Waals surface area contributed by atoms with Crippen LogP contribution in [0.15, 0.2) is 48.5 Å². The number of amides is 3. The van der Waals surface area contributed by atoms with Crippen LogP contribution >= 0.6 is 0 Å². The third-order valence-electron chi connectivity index (χ3n) is 4.36. The lowest BCUT2D eigenvalue weighted by molar-refractivity contribution is -0.123. The van der Waals surface area contributed by atoms with Crippen LogP contribution < -0.4 is 5.32 Å². The van der Waals surface area contributed by atoms with Gasteiger partial charge in [-0.15, -0.1) is 0 Å². The van der Waals surface area contributed by atoms with Gasteiger partial charge in [-0.2, -0.15) is 0 Å². The summed E-state index contributed by atoms with van der Waals surface area (Å²) in [6, 6.07) is 12.7. The van der Waals surface area contributed by atoms with Crippen molar-refractivity contribution >= 4 is 29.4 Å². The largest absolute Gasteiger partial charge is 0.449 e. The molecule has 144 valence electrons. The Balaban J connectivity index is 1.71. The highest BCUT2D eigenvalue weighted by Gasteiger charge is 2.37. The molecule has 0 aromatic heterocycles. The summed E-state index contributed by atoms with van der Waals surface area (Å²) in [5, 5.41) is 2.65. The minimum atomic E-state index is -1.04. The van der Waals surface area contributed by atoms with Gasteiger partial charge in [-0.05, 0) is 51.1 Å². The quantitative estimate of drug-likeness (QED) is 0.636. The fourth-order valence-electron chi connectivity index (χ4n) is 2.90. The first kappa shape index (κ1) is 19.3. The summed E-state index contributed by atoms with van der Waals surface area (Å²) in [6.07, 6.45) is -1.04.